The molecule has 1 heterocycles. The van der Waals surface area contributed by atoms with Crippen LogP contribution in [0.5, 0.6) is 0 Å². The average Bonchev–Trinajstić information content (AvgIpc) is 3.13. The Morgan fingerprint density at radius 2 is 2.06 bits per heavy atom. The number of hydrogen-bond acceptors (Lipinski definition) is 3. The zero-order valence-electron chi connectivity index (χ0n) is 9.91. The lowest BCUT2D eigenvalue weighted by Crippen LogP contribution is -2.44. The van der Waals surface area contributed by atoms with E-state index >= 15 is 0 Å². The van der Waals surface area contributed by atoms with Crippen molar-refractivity contribution in [3.05, 3.63) is 0 Å². The van der Waals surface area contributed by atoms with Crippen LogP contribution in [0.3, 0.4) is 0 Å². The fourth-order valence-corrected chi connectivity index (χ4v) is 2.04. The van der Waals surface area contributed by atoms with Crippen molar-refractivity contribution in [1.29, 1.82) is 0 Å². The third-order valence-corrected chi connectivity index (χ3v) is 3.30. The molecule has 0 unspecified atom stereocenters. The smallest absolute Gasteiger partial charge is 0.236 e. The van der Waals surface area contributed by atoms with E-state index < -0.39 is 0 Å². The van der Waals surface area contributed by atoms with Crippen LogP contribution in [0, 0.1) is 5.92 Å². The highest BCUT2D eigenvalue weighted by atomic mass is 16.5. The maximum atomic E-state index is 11.7. The Kier molecular flexibility index (Phi) is 4.60. The second-order valence-corrected chi connectivity index (χ2v) is 4.76. The van der Waals surface area contributed by atoms with E-state index in [-0.39, 0.29) is 5.91 Å². The first-order valence-electron chi connectivity index (χ1n) is 6.42. The highest BCUT2D eigenvalue weighted by Gasteiger charge is 2.20. The molecule has 16 heavy (non-hydrogen) atoms. The molecule has 0 atom stereocenters. The molecule has 2 fully saturated rings. The van der Waals surface area contributed by atoms with Crippen molar-refractivity contribution in [1.82, 2.24) is 10.2 Å². The first-order valence-corrected chi connectivity index (χ1v) is 6.42. The molecule has 1 amide bonds. The molecule has 92 valence electrons. The van der Waals surface area contributed by atoms with Gasteiger partial charge in [0.25, 0.3) is 0 Å². The summed E-state index contributed by atoms with van der Waals surface area (Å²) in [4.78, 5) is 13.6. The van der Waals surface area contributed by atoms with Crippen molar-refractivity contribution in [2.45, 2.75) is 25.7 Å². The average molecular weight is 226 g/mol. The molecule has 0 radical (unpaired) electrons. The summed E-state index contributed by atoms with van der Waals surface area (Å²) >= 11 is 0. The molecule has 4 nitrogen and oxygen atoms in total. The summed E-state index contributed by atoms with van der Waals surface area (Å²) in [5.74, 6) is 1.21. The van der Waals surface area contributed by atoms with Crippen molar-refractivity contribution < 1.29 is 9.53 Å². The number of morpholine rings is 1. The van der Waals surface area contributed by atoms with Gasteiger partial charge in [0.05, 0.1) is 19.8 Å². The quantitative estimate of drug-likeness (QED) is 0.675. The van der Waals surface area contributed by atoms with Crippen molar-refractivity contribution in [3.63, 3.8) is 0 Å². The number of rotatable bonds is 6. The number of nitrogens with zero attached hydrogens (tertiary/aromatic N) is 1. The van der Waals surface area contributed by atoms with Crippen LogP contribution < -0.4 is 5.32 Å². The lowest BCUT2D eigenvalue weighted by Gasteiger charge is -2.26. The number of carbonyl (C=O) groups excluding carboxylic acids is 1. The summed E-state index contributed by atoms with van der Waals surface area (Å²) in [6, 6.07) is 0. The fraction of sp³-hybridized carbons (Fsp3) is 0.917. The summed E-state index contributed by atoms with van der Waals surface area (Å²) in [5.41, 5.74) is 0. The van der Waals surface area contributed by atoms with E-state index in [2.05, 4.69) is 5.32 Å². The SMILES string of the molecule is O=C(CNCCCC1CC1)N1CCOCC1. The van der Waals surface area contributed by atoms with E-state index in [1.54, 1.807) is 0 Å². The second kappa shape index (κ2) is 6.21. The second-order valence-electron chi connectivity index (χ2n) is 4.76. The molecule has 2 rings (SSSR count). The van der Waals surface area contributed by atoms with Gasteiger partial charge < -0.3 is 15.0 Å². The Labute approximate surface area is 97.3 Å². The van der Waals surface area contributed by atoms with Crippen molar-refractivity contribution in [2.75, 3.05) is 39.4 Å². The Balaban J connectivity index is 1.48. The number of nitrogens with one attached hydrogen (secondary N) is 1. The zero-order valence-corrected chi connectivity index (χ0v) is 9.91. The highest BCUT2D eigenvalue weighted by molar-refractivity contribution is 5.78. The molecule has 0 spiro atoms. The zero-order chi connectivity index (χ0) is 11.2. The molecule has 1 saturated heterocycles. The summed E-state index contributed by atoms with van der Waals surface area (Å²) in [6.07, 6.45) is 5.39. The third kappa shape index (κ3) is 4.10. The molecule has 0 aromatic rings. The standard InChI is InChI=1S/C12H22N2O2/c15-12(14-6-8-16-9-7-14)10-13-5-1-2-11-3-4-11/h11,13H,1-10H2. The van der Waals surface area contributed by atoms with Crippen LogP contribution in [0.15, 0.2) is 0 Å². The number of carbonyl (C=O) groups is 1. The van der Waals surface area contributed by atoms with Gasteiger partial charge in [0.1, 0.15) is 0 Å². The first-order chi connectivity index (χ1) is 7.86. The molecular formula is C12H22N2O2. The minimum Gasteiger partial charge on any atom is -0.378 e. The summed E-state index contributed by atoms with van der Waals surface area (Å²) < 4.78 is 5.21. The maximum Gasteiger partial charge on any atom is 0.236 e. The van der Waals surface area contributed by atoms with E-state index in [1.165, 1.54) is 25.7 Å². The third-order valence-electron chi connectivity index (χ3n) is 3.30. The van der Waals surface area contributed by atoms with Crippen molar-refractivity contribution in [3.8, 4) is 0 Å². The molecule has 0 aromatic carbocycles. The molecule has 1 N–H and O–H groups in total. The predicted molar refractivity (Wildman–Crippen MR) is 62.2 cm³/mol. The Bertz CT molecular complexity index is 223. The monoisotopic (exact) mass is 226 g/mol. The molecular weight excluding hydrogens is 204 g/mol. The minimum absolute atomic E-state index is 0.217. The van der Waals surface area contributed by atoms with Crippen LogP contribution in [0.25, 0.3) is 0 Å². The summed E-state index contributed by atoms with van der Waals surface area (Å²) in [7, 11) is 0. The Morgan fingerprint density at radius 3 is 2.75 bits per heavy atom. The topological polar surface area (TPSA) is 41.6 Å². The van der Waals surface area contributed by atoms with Gasteiger partial charge in [0, 0.05) is 13.1 Å². The van der Waals surface area contributed by atoms with E-state index in [1.807, 2.05) is 4.90 Å². The van der Waals surface area contributed by atoms with E-state index in [0.29, 0.717) is 19.8 Å². The molecule has 1 aliphatic carbocycles. The molecule has 4 heteroatoms. The van der Waals surface area contributed by atoms with Gasteiger partial charge in [-0.3, -0.25) is 4.79 Å². The van der Waals surface area contributed by atoms with Gasteiger partial charge in [0.2, 0.25) is 5.91 Å². The van der Waals surface area contributed by atoms with Crippen LogP contribution in [0.2, 0.25) is 0 Å². The van der Waals surface area contributed by atoms with Gasteiger partial charge in [-0.2, -0.15) is 0 Å². The predicted octanol–water partition coefficient (Wildman–Crippen LogP) is 0.625. The minimum atomic E-state index is 0.217. The van der Waals surface area contributed by atoms with Gasteiger partial charge in [0.15, 0.2) is 0 Å². The molecule has 1 aliphatic heterocycles. The lowest BCUT2D eigenvalue weighted by molar-refractivity contribution is -0.134. The van der Waals surface area contributed by atoms with Gasteiger partial charge in [-0.05, 0) is 25.3 Å². The van der Waals surface area contributed by atoms with Crippen LogP contribution in [-0.4, -0.2) is 50.2 Å². The normalized spacial score (nSPS) is 21.1. The molecule has 2 aliphatic rings. The fourth-order valence-electron chi connectivity index (χ4n) is 2.04. The highest BCUT2D eigenvalue weighted by Crippen LogP contribution is 2.33. The molecule has 0 aromatic heterocycles. The Morgan fingerprint density at radius 1 is 1.31 bits per heavy atom. The maximum absolute atomic E-state index is 11.7. The van der Waals surface area contributed by atoms with Gasteiger partial charge in [-0.15, -0.1) is 0 Å². The lowest BCUT2D eigenvalue weighted by atomic mass is 10.2. The van der Waals surface area contributed by atoms with Gasteiger partial charge >= 0.3 is 0 Å². The van der Waals surface area contributed by atoms with Crippen LogP contribution >= 0.6 is 0 Å². The summed E-state index contributed by atoms with van der Waals surface area (Å²) in [6.45, 7) is 4.35. The van der Waals surface area contributed by atoms with Crippen LogP contribution in [-0.2, 0) is 9.53 Å². The summed E-state index contributed by atoms with van der Waals surface area (Å²) in [5, 5.41) is 3.23. The van der Waals surface area contributed by atoms with Crippen molar-refractivity contribution in [2.24, 2.45) is 5.92 Å². The van der Waals surface area contributed by atoms with E-state index in [4.69, 9.17) is 4.74 Å². The van der Waals surface area contributed by atoms with Crippen molar-refractivity contribution >= 4 is 5.91 Å². The van der Waals surface area contributed by atoms with Gasteiger partial charge in [-0.1, -0.05) is 12.8 Å². The van der Waals surface area contributed by atoms with Crippen LogP contribution in [0.1, 0.15) is 25.7 Å². The van der Waals surface area contributed by atoms with E-state index in [0.717, 1.165) is 25.6 Å². The number of ether oxygens (including phenoxy) is 1. The van der Waals surface area contributed by atoms with Gasteiger partial charge in [-0.25, -0.2) is 0 Å². The number of hydrogen-bond donors (Lipinski definition) is 1. The molecule has 0 bridgehead atoms. The number of amides is 1. The largest absolute Gasteiger partial charge is 0.378 e. The van der Waals surface area contributed by atoms with Crippen LogP contribution in [0.4, 0.5) is 0 Å². The first kappa shape index (κ1) is 11.9. The molecule has 1 saturated carbocycles. The Hall–Kier alpha value is -0.610. The van der Waals surface area contributed by atoms with E-state index in [9.17, 15) is 4.79 Å².